The van der Waals surface area contributed by atoms with Crippen LogP contribution in [0.1, 0.15) is 95.0 Å². The van der Waals surface area contributed by atoms with Gasteiger partial charge in [-0.3, -0.25) is 4.79 Å². The van der Waals surface area contributed by atoms with Crippen LogP contribution in [0.25, 0.3) is 11.1 Å². The number of carboxylic acids is 1. The van der Waals surface area contributed by atoms with E-state index in [1.807, 2.05) is 49.6 Å². The Bertz CT molecular complexity index is 1150. The zero-order valence-corrected chi connectivity index (χ0v) is 28.1. The average molecular weight is 606 g/mol. The Balaban J connectivity index is 0.00000484. The molecule has 0 radical (unpaired) electrons. The summed E-state index contributed by atoms with van der Waals surface area (Å²) >= 11 is 1.56. The number of carbonyl (C=O) groups is 2. The van der Waals surface area contributed by atoms with Crippen molar-refractivity contribution in [3.8, 4) is 11.1 Å². The quantitative estimate of drug-likeness (QED) is 0.207. The summed E-state index contributed by atoms with van der Waals surface area (Å²) in [6.45, 7) is 10.4. The molecule has 0 aromatic heterocycles. The van der Waals surface area contributed by atoms with Crippen LogP contribution >= 0.6 is 11.8 Å². The predicted molar refractivity (Wildman–Crippen MR) is 174 cm³/mol. The van der Waals surface area contributed by atoms with E-state index in [0.717, 1.165) is 41.7 Å². The molecule has 2 aromatic rings. The Morgan fingerprint density at radius 2 is 1.81 bits per heavy atom. The third kappa shape index (κ3) is 13.0. The van der Waals surface area contributed by atoms with Crippen molar-refractivity contribution in [1.29, 1.82) is 0 Å². The average Bonchev–Trinajstić information content (AvgIpc) is 2.96. The van der Waals surface area contributed by atoms with Gasteiger partial charge in [0, 0.05) is 12.2 Å². The van der Waals surface area contributed by atoms with Crippen LogP contribution in [0.4, 0.5) is 0 Å². The first-order valence-electron chi connectivity index (χ1n) is 15.5. The number of ether oxygens (including phenoxy) is 2. The molecule has 3 rings (SSSR count). The van der Waals surface area contributed by atoms with Crippen LogP contribution < -0.4 is 24.2 Å². The molecule has 0 aliphatic heterocycles. The van der Waals surface area contributed by atoms with E-state index < -0.39 is 12.0 Å². The molecule has 2 aromatic carbocycles. The van der Waals surface area contributed by atoms with Crippen molar-refractivity contribution in [2.45, 2.75) is 97.8 Å². The molecule has 0 saturated heterocycles. The fraction of sp³-hybridized carbons (Fsp3) is 0.600. The van der Waals surface area contributed by atoms with Gasteiger partial charge in [-0.1, -0.05) is 83.2 Å². The Morgan fingerprint density at radius 3 is 2.47 bits per heavy atom. The maximum atomic E-state index is 13.4. The third-order valence-electron chi connectivity index (χ3n) is 8.08. The fourth-order valence-corrected chi connectivity index (χ4v) is 5.96. The van der Waals surface area contributed by atoms with E-state index in [-0.39, 0.29) is 37.7 Å². The second kappa shape index (κ2) is 18.9. The summed E-state index contributed by atoms with van der Waals surface area (Å²) in [5, 5.41) is 12.4. The van der Waals surface area contributed by atoms with E-state index in [1.54, 1.807) is 17.8 Å². The first-order chi connectivity index (χ1) is 20.1. The van der Waals surface area contributed by atoms with Crippen LogP contribution in [-0.4, -0.2) is 54.4 Å². The zero-order valence-electron chi connectivity index (χ0n) is 28.2. The van der Waals surface area contributed by atoms with Crippen molar-refractivity contribution in [2.75, 3.05) is 25.2 Å². The number of thioether (sulfide) groups is 1. The van der Waals surface area contributed by atoms with Gasteiger partial charge in [-0.15, -0.1) is 0 Å². The molecule has 1 amide bonds. The summed E-state index contributed by atoms with van der Waals surface area (Å²) in [5.41, 5.74) is 4.46. The number of carbonyl (C=O) groups excluding carboxylic acids is 1. The second-order valence-electron chi connectivity index (χ2n) is 12.9. The van der Waals surface area contributed by atoms with Crippen molar-refractivity contribution in [2.24, 2.45) is 11.3 Å². The normalized spacial score (nSPS) is 15.4. The summed E-state index contributed by atoms with van der Waals surface area (Å²) in [5.74, 6) is -0.0674. The summed E-state index contributed by atoms with van der Waals surface area (Å²) < 4.78 is 12.6. The molecule has 0 spiro atoms. The minimum Gasteiger partial charge on any atom is -1.00 e. The minimum atomic E-state index is -1.02. The van der Waals surface area contributed by atoms with Crippen LogP contribution in [0.2, 0.25) is 0 Å². The zero-order chi connectivity index (χ0) is 30.5. The molecule has 1 fully saturated rings. The van der Waals surface area contributed by atoms with E-state index in [1.165, 1.54) is 32.1 Å². The Hall–Kier alpha value is -1.75. The van der Waals surface area contributed by atoms with Crippen molar-refractivity contribution in [1.82, 2.24) is 5.32 Å². The molecule has 0 bridgehead atoms. The Kier molecular flexibility index (Phi) is 16.5. The number of carboxylic acid groups (broad SMARTS) is 1. The fourth-order valence-electron chi connectivity index (χ4n) is 5.49. The van der Waals surface area contributed by atoms with Gasteiger partial charge < -0.3 is 21.3 Å². The van der Waals surface area contributed by atoms with Crippen LogP contribution in [0, 0.1) is 18.3 Å². The maximum Gasteiger partial charge on any atom is 1.00 e. The first-order valence-corrected chi connectivity index (χ1v) is 16.9. The van der Waals surface area contributed by atoms with Crippen LogP contribution in [-0.2, 0) is 20.9 Å². The molecule has 2 atom stereocenters. The number of hydrogen-bond donors (Lipinski definition) is 2. The number of amides is 1. The Morgan fingerprint density at radius 1 is 1.09 bits per heavy atom. The van der Waals surface area contributed by atoms with E-state index in [0.29, 0.717) is 36.9 Å². The van der Waals surface area contributed by atoms with Gasteiger partial charge in [0.1, 0.15) is 6.04 Å². The number of nitrogens with one attached hydrogen (secondary N) is 1. The summed E-state index contributed by atoms with van der Waals surface area (Å²) in [7, 11) is 0. The molecule has 2 N–H and O–H groups in total. The minimum absolute atomic E-state index is 0. The summed E-state index contributed by atoms with van der Waals surface area (Å²) in [6.07, 6.45) is 10.8. The number of hydrogen-bond acceptors (Lipinski definition) is 5. The number of benzene rings is 2. The van der Waals surface area contributed by atoms with Crippen molar-refractivity contribution < 1.29 is 44.5 Å². The molecular weight excluding hydrogens is 553 g/mol. The summed E-state index contributed by atoms with van der Waals surface area (Å²) in [4.78, 5) is 25.2. The molecule has 1 aliphatic carbocycles. The largest absolute Gasteiger partial charge is 1.00 e. The van der Waals surface area contributed by atoms with Crippen molar-refractivity contribution >= 4 is 23.6 Å². The molecule has 1 aliphatic rings. The van der Waals surface area contributed by atoms with Gasteiger partial charge in [-0.25, -0.2) is 4.79 Å². The Labute approximate surface area is 277 Å². The van der Waals surface area contributed by atoms with Gasteiger partial charge >= 0.3 is 24.8 Å². The SMILES string of the molecule is CSCC[C@H](NC(=O)c1ccc(COC(COCCC(C)(C)C)CC2CCCCC2)cc1-c1ccccc1C)C(=O)O.[H-].[Li+]. The third-order valence-corrected chi connectivity index (χ3v) is 8.73. The molecule has 234 valence electrons. The van der Waals surface area contributed by atoms with Gasteiger partial charge in [-0.05, 0) is 83.9 Å². The van der Waals surface area contributed by atoms with Gasteiger partial charge in [0.15, 0.2) is 0 Å². The van der Waals surface area contributed by atoms with E-state index in [9.17, 15) is 14.7 Å². The van der Waals surface area contributed by atoms with Crippen LogP contribution in [0.3, 0.4) is 0 Å². The van der Waals surface area contributed by atoms with Crippen molar-refractivity contribution in [3.05, 3.63) is 59.2 Å². The van der Waals surface area contributed by atoms with Gasteiger partial charge in [0.05, 0.1) is 19.3 Å². The molecule has 1 unspecified atom stereocenters. The molecular formula is C35H52LiNO5S. The van der Waals surface area contributed by atoms with Crippen LogP contribution in [0.15, 0.2) is 42.5 Å². The smallest absolute Gasteiger partial charge is 1.00 e. The molecule has 6 nitrogen and oxygen atoms in total. The van der Waals surface area contributed by atoms with Gasteiger partial charge in [0.25, 0.3) is 5.91 Å². The molecule has 43 heavy (non-hydrogen) atoms. The van der Waals surface area contributed by atoms with Crippen LogP contribution in [0.5, 0.6) is 0 Å². The van der Waals surface area contributed by atoms with Gasteiger partial charge in [-0.2, -0.15) is 11.8 Å². The van der Waals surface area contributed by atoms with Gasteiger partial charge in [0.2, 0.25) is 0 Å². The topological polar surface area (TPSA) is 84.9 Å². The molecule has 1 saturated carbocycles. The maximum absolute atomic E-state index is 13.4. The first kappa shape index (κ1) is 37.4. The summed E-state index contributed by atoms with van der Waals surface area (Å²) in [6, 6.07) is 12.8. The molecule has 8 heteroatoms. The number of aliphatic carboxylic acids is 1. The van der Waals surface area contributed by atoms with E-state index in [4.69, 9.17) is 9.47 Å². The monoisotopic (exact) mass is 605 g/mol. The predicted octanol–water partition coefficient (Wildman–Crippen LogP) is 5.02. The number of rotatable bonds is 16. The second-order valence-corrected chi connectivity index (χ2v) is 13.9. The number of aryl methyl sites for hydroxylation is 1. The molecule has 0 heterocycles. The van der Waals surface area contributed by atoms with E-state index in [2.05, 4.69) is 26.1 Å². The van der Waals surface area contributed by atoms with E-state index >= 15 is 0 Å². The standard InChI is InChI=1S/C35H51NO5S.Li.H/c1-25-11-9-10-14-29(25)31-22-27(15-16-30(31)33(37)36-32(34(38)39)17-20-42-5)23-41-28(21-26-12-7-6-8-13-26)24-40-19-18-35(2,3)4;;/h9-11,14-16,22,26,28,32H,6-8,12-13,17-21,23-24H2,1-5H3,(H,36,37)(H,38,39);;/q;+1;-1/t28?,32-;;/m0../s1. The van der Waals surface area contributed by atoms with Crippen molar-refractivity contribution in [3.63, 3.8) is 0 Å².